The molecule has 0 aliphatic carbocycles. The largest absolute Gasteiger partial charge is 0.507 e. The molecular formula is C18H20CoN2O2. The molecule has 0 fully saturated rings. The zero-order chi connectivity index (χ0) is 15.9. The summed E-state index contributed by atoms with van der Waals surface area (Å²) in [4.78, 5) is 8.86. The molecule has 2 aromatic rings. The van der Waals surface area contributed by atoms with E-state index in [1.807, 2.05) is 38.1 Å². The summed E-state index contributed by atoms with van der Waals surface area (Å²) in [6.07, 6.45) is 0. The van der Waals surface area contributed by atoms with Gasteiger partial charge in [0.1, 0.15) is 11.5 Å². The van der Waals surface area contributed by atoms with Crippen LogP contribution in [-0.2, 0) is 16.8 Å². The topological polar surface area (TPSA) is 65.2 Å². The minimum absolute atomic E-state index is 0. The molecule has 0 saturated heterocycles. The van der Waals surface area contributed by atoms with Gasteiger partial charge in [-0.3, -0.25) is 9.98 Å². The quantitative estimate of drug-likeness (QED) is 0.638. The molecule has 0 atom stereocenters. The Kier molecular flexibility index (Phi) is 7.51. The van der Waals surface area contributed by atoms with Crippen molar-refractivity contribution in [3.63, 3.8) is 0 Å². The van der Waals surface area contributed by atoms with E-state index in [-0.39, 0.29) is 28.3 Å². The van der Waals surface area contributed by atoms with E-state index in [0.717, 1.165) is 22.6 Å². The molecule has 0 unspecified atom stereocenters. The van der Waals surface area contributed by atoms with Crippen LogP contribution in [0.5, 0.6) is 11.5 Å². The van der Waals surface area contributed by atoms with Crippen molar-refractivity contribution in [2.75, 3.05) is 13.1 Å². The minimum Gasteiger partial charge on any atom is -0.507 e. The molecule has 2 N–H and O–H groups in total. The molecule has 2 aromatic carbocycles. The summed E-state index contributed by atoms with van der Waals surface area (Å²) < 4.78 is 0. The van der Waals surface area contributed by atoms with Gasteiger partial charge in [-0.1, -0.05) is 24.3 Å². The first-order valence-electron chi connectivity index (χ1n) is 7.18. The number of hydrogen-bond donors (Lipinski definition) is 2. The van der Waals surface area contributed by atoms with Crippen molar-refractivity contribution < 1.29 is 27.0 Å². The van der Waals surface area contributed by atoms with Crippen molar-refractivity contribution >= 4 is 11.4 Å². The van der Waals surface area contributed by atoms with E-state index in [0.29, 0.717) is 13.1 Å². The molecular weight excluding hydrogens is 335 g/mol. The van der Waals surface area contributed by atoms with Crippen molar-refractivity contribution in [2.24, 2.45) is 9.98 Å². The Balaban J connectivity index is 0.00000264. The Morgan fingerprint density at radius 1 is 0.739 bits per heavy atom. The molecule has 23 heavy (non-hydrogen) atoms. The Morgan fingerprint density at radius 2 is 1.09 bits per heavy atom. The molecule has 0 aromatic heterocycles. The molecule has 0 heterocycles. The van der Waals surface area contributed by atoms with Crippen LogP contribution in [0.1, 0.15) is 25.0 Å². The number of aliphatic imine (C=N–C) groups is 2. The van der Waals surface area contributed by atoms with Gasteiger partial charge in [-0.15, -0.1) is 0 Å². The molecule has 0 aliphatic heterocycles. The number of nitrogens with zero attached hydrogens (tertiary/aromatic N) is 2. The van der Waals surface area contributed by atoms with Crippen LogP contribution < -0.4 is 0 Å². The number of benzene rings is 2. The van der Waals surface area contributed by atoms with Crippen molar-refractivity contribution in [1.82, 2.24) is 0 Å². The van der Waals surface area contributed by atoms with Gasteiger partial charge in [-0.2, -0.15) is 0 Å². The first-order chi connectivity index (χ1) is 10.6. The number of aromatic hydroxyl groups is 2. The van der Waals surface area contributed by atoms with Crippen LogP contribution in [0.25, 0.3) is 0 Å². The zero-order valence-corrected chi connectivity index (χ0v) is 14.2. The van der Waals surface area contributed by atoms with E-state index >= 15 is 0 Å². The van der Waals surface area contributed by atoms with Crippen LogP contribution in [-0.4, -0.2) is 34.7 Å². The maximum Gasteiger partial charge on any atom is 0.124 e. The van der Waals surface area contributed by atoms with Gasteiger partial charge in [0.05, 0.1) is 13.1 Å². The molecule has 4 nitrogen and oxygen atoms in total. The third kappa shape index (κ3) is 5.23. The molecule has 0 spiro atoms. The van der Waals surface area contributed by atoms with Crippen molar-refractivity contribution in [2.45, 2.75) is 13.8 Å². The average molecular weight is 355 g/mol. The number of phenolic OH excluding ortho intramolecular Hbond substituents is 2. The monoisotopic (exact) mass is 355 g/mol. The summed E-state index contributed by atoms with van der Waals surface area (Å²) in [7, 11) is 0. The second kappa shape index (κ2) is 9.12. The number of rotatable bonds is 5. The van der Waals surface area contributed by atoms with Gasteiger partial charge in [0.25, 0.3) is 0 Å². The summed E-state index contributed by atoms with van der Waals surface area (Å²) in [5, 5.41) is 19.5. The first kappa shape index (κ1) is 18.9. The Hall–Kier alpha value is -2.11. The third-order valence-corrected chi connectivity index (χ3v) is 3.39. The van der Waals surface area contributed by atoms with Crippen LogP contribution in [0.2, 0.25) is 0 Å². The zero-order valence-electron chi connectivity index (χ0n) is 13.2. The number of phenols is 2. The summed E-state index contributed by atoms with van der Waals surface area (Å²) in [6.45, 7) is 4.81. The van der Waals surface area contributed by atoms with Crippen LogP contribution in [0.4, 0.5) is 0 Å². The van der Waals surface area contributed by atoms with E-state index in [4.69, 9.17) is 0 Å². The second-order valence-corrected chi connectivity index (χ2v) is 4.97. The van der Waals surface area contributed by atoms with Gasteiger partial charge < -0.3 is 10.2 Å². The van der Waals surface area contributed by atoms with Gasteiger partial charge in [-0.05, 0) is 38.1 Å². The molecule has 0 bridgehead atoms. The molecule has 0 aliphatic rings. The predicted octanol–water partition coefficient (Wildman–Crippen LogP) is 3.41. The number of para-hydroxylation sites is 2. The first-order valence-corrected chi connectivity index (χ1v) is 7.18. The van der Waals surface area contributed by atoms with Crippen LogP contribution in [0.3, 0.4) is 0 Å². The maximum absolute atomic E-state index is 9.77. The smallest absolute Gasteiger partial charge is 0.124 e. The molecule has 1 radical (unpaired) electrons. The van der Waals surface area contributed by atoms with Crippen molar-refractivity contribution in [3.8, 4) is 11.5 Å². The van der Waals surface area contributed by atoms with Crippen LogP contribution in [0, 0.1) is 0 Å². The normalized spacial score (nSPS) is 11.9. The Labute approximate surface area is 146 Å². The fraction of sp³-hybridized carbons (Fsp3) is 0.222. The second-order valence-electron chi connectivity index (χ2n) is 4.97. The summed E-state index contributed by atoms with van der Waals surface area (Å²) in [6, 6.07) is 14.3. The van der Waals surface area contributed by atoms with E-state index < -0.39 is 0 Å². The third-order valence-electron chi connectivity index (χ3n) is 3.39. The summed E-state index contributed by atoms with van der Waals surface area (Å²) in [5.74, 6) is 0.468. The van der Waals surface area contributed by atoms with Crippen LogP contribution in [0.15, 0.2) is 58.5 Å². The fourth-order valence-electron chi connectivity index (χ4n) is 2.16. The van der Waals surface area contributed by atoms with Gasteiger partial charge in [0, 0.05) is 39.3 Å². The van der Waals surface area contributed by atoms with Gasteiger partial charge in [0.15, 0.2) is 0 Å². The minimum atomic E-state index is 0. The predicted molar refractivity (Wildman–Crippen MR) is 90.4 cm³/mol. The van der Waals surface area contributed by atoms with Gasteiger partial charge in [-0.25, -0.2) is 0 Å². The van der Waals surface area contributed by atoms with E-state index in [9.17, 15) is 10.2 Å². The molecule has 5 heteroatoms. The van der Waals surface area contributed by atoms with E-state index in [2.05, 4.69) is 9.98 Å². The average Bonchev–Trinajstić information content (AvgIpc) is 2.52. The summed E-state index contributed by atoms with van der Waals surface area (Å²) >= 11 is 0. The van der Waals surface area contributed by atoms with Gasteiger partial charge >= 0.3 is 0 Å². The Bertz CT molecular complexity index is 650. The van der Waals surface area contributed by atoms with Crippen molar-refractivity contribution in [3.05, 3.63) is 59.7 Å². The molecule has 0 amide bonds. The van der Waals surface area contributed by atoms with Crippen molar-refractivity contribution in [1.29, 1.82) is 0 Å². The molecule has 2 rings (SSSR count). The standard InChI is InChI=1S/C18H20N2O2.Co/c1-13(15-7-3-5-9-17(15)21)19-11-12-20-14(2)16-8-4-6-10-18(16)22;/h3-10,21-22H,11-12H2,1-2H3;. The number of hydrogen-bond acceptors (Lipinski definition) is 4. The SMILES string of the molecule is CC(=NCCN=C(C)c1ccccc1O)c1ccccc1O.[Co]. The van der Waals surface area contributed by atoms with E-state index in [1.54, 1.807) is 24.3 Å². The van der Waals surface area contributed by atoms with Gasteiger partial charge in [0.2, 0.25) is 0 Å². The van der Waals surface area contributed by atoms with Crippen LogP contribution >= 0.6 is 0 Å². The fourth-order valence-corrected chi connectivity index (χ4v) is 2.16. The maximum atomic E-state index is 9.77. The molecule has 123 valence electrons. The van der Waals surface area contributed by atoms with E-state index in [1.165, 1.54) is 0 Å². The Morgan fingerprint density at radius 3 is 1.43 bits per heavy atom. The summed E-state index contributed by atoms with van der Waals surface area (Å²) in [5.41, 5.74) is 3.05. The molecule has 0 saturated carbocycles.